The maximum Gasteiger partial charge on any atom is 0.490 e. The van der Waals surface area contributed by atoms with Crippen molar-refractivity contribution in [2.45, 2.75) is 39.1 Å². The number of nitrogens with two attached hydrogens (primary N) is 1. The van der Waals surface area contributed by atoms with Crippen LogP contribution in [0, 0.1) is 5.41 Å². The van der Waals surface area contributed by atoms with E-state index in [1.165, 1.54) is 0 Å². The smallest absolute Gasteiger partial charge is 0.490 e. The van der Waals surface area contributed by atoms with E-state index in [1.54, 1.807) is 24.3 Å². The number of alkyl halides is 3. The number of rotatable bonds is 12. The summed E-state index contributed by atoms with van der Waals surface area (Å²) in [7, 11) is 0. The Bertz CT molecular complexity index is 1650. The van der Waals surface area contributed by atoms with Crippen LogP contribution in [0.3, 0.4) is 0 Å². The van der Waals surface area contributed by atoms with Gasteiger partial charge in [-0.3, -0.25) is 21.1 Å². The first kappa shape index (κ1) is 35.8. The number of carbonyl (C=O) groups excluding carboxylic acids is 1. The number of halogens is 3. The second-order valence-electron chi connectivity index (χ2n) is 10.2. The van der Waals surface area contributed by atoms with Crippen molar-refractivity contribution in [1.82, 2.24) is 5.43 Å². The summed E-state index contributed by atoms with van der Waals surface area (Å²) in [6.07, 6.45) is -5.11. The van der Waals surface area contributed by atoms with Gasteiger partial charge >= 0.3 is 12.1 Å². The van der Waals surface area contributed by atoms with Crippen LogP contribution in [0.15, 0.2) is 97.1 Å². The largest absolute Gasteiger partial charge is 0.490 e. The zero-order valence-corrected chi connectivity index (χ0v) is 25.9. The quantitative estimate of drug-likeness (QED) is 0.0557. The molecule has 1 unspecified atom stereocenters. The number of anilines is 2. The summed E-state index contributed by atoms with van der Waals surface area (Å²) in [5.74, 6) is -1.92. The number of nitrogen functional groups attached to an aromatic ring is 1. The molecular weight excluding hydrogens is 615 g/mol. The number of para-hydroxylation sites is 1. The lowest BCUT2D eigenvalue weighted by Crippen LogP contribution is -2.37. The van der Waals surface area contributed by atoms with Crippen molar-refractivity contribution in [3.63, 3.8) is 0 Å². The Morgan fingerprint density at radius 3 is 2.11 bits per heavy atom. The van der Waals surface area contributed by atoms with Crippen LogP contribution in [-0.2, 0) is 9.59 Å². The van der Waals surface area contributed by atoms with Crippen molar-refractivity contribution < 1.29 is 37.3 Å². The van der Waals surface area contributed by atoms with Crippen LogP contribution in [0.5, 0.6) is 11.5 Å². The second-order valence-corrected chi connectivity index (χ2v) is 10.2. The van der Waals surface area contributed by atoms with Gasteiger partial charge < -0.3 is 25.6 Å². The van der Waals surface area contributed by atoms with Crippen LogP contribution in [0.1, 0.15) is 37.9 Å². The molecule has 0 aliphatic heterocycles. The maximum absolute atomic E-state index is 13.7. The fourth-order valence-corrected chi connectivity index (χ4v) is 4.20. The monoisotopic (exact) mass is 651 g/mol. The zero-order chi connectivity index (χ0) is 34.6. The van der Waals surface area contributed by atoms with Crippen molar-refractivity contribution in [3.05, 3.63) is 108 Å². The van der Waals surface area contributed by atoms with Crippen molar-refractivity contribution in [1.29, 1.82) is 5.41 Å². The highest BCUT2D eigenvalue weighted by molar-refractivity contribution is 5.95. The van der Waals surface area contributed by atoms with E-state index in [0.717, 1.165) is 16.8 Å². The number of benzene rings is 4. The molecule has 4 rings (SSSR count). The van der Waals surface area contributed by atoms with Crippen LogP contribution in [0.4, 0.5) is 24.5 Å². The molecule has 4 aromatic rings. The first-order valence-electron chi connectivity index (χ1n) is 14.4. The van der Waals surface area contributed by atoms with Gasteiger partial charge in [-0.25, -0.2) is 4.79 Å². The third-order valence-electron chi connectivity index (χ3n) is 6.31. The number of amides is 1. The average Bonchev–Trinajstić information content (AvgIpc) is 3.04. The summed E-state index contributed by atoms with van der Waals surface area (Å²) in [4.78, 5) is 22.6. The normalized spacial score (nSPS) is 11.4. The van der Waals surface area contributed by atoms with Crippen LogP contribution in [0.2, 0.25) is 0 Å². The van der Waals surface area contributed by atoms with Gasteiger partial charge in [0.2, 0.25) is 0 Å². The minimum atomic E-state index is -5.08. The number of hydrogen-bond acceptors (Lipinski definition) is 7. The van der Waals surface area contributed by atoms with Crippen LogP contribution >= 0.6 is 0 Å². The zero-order valence-electron chi connectivity index (χ0n) is 25.9. The molecule has 10 nitrogen and oxygen atoms in total. The topological polar surface area (TPSA) is 159 Å². The fraction of sp³-hybridized carbons (Fsp3) is 0.206. The van der Waals surface area contributed by atoms with E-state index in [2.05, 4.69) is 16.2 Å². The van der Waals surface area contributed by atoms with Crippen molar-refractivity contribution in [3.8, 4) is 22.6 Å². The van der Waals surface area contributed by atoms with Crippen LogP contribution < -0.4 is 31.4 Å². The van der Waals surface area contributed by atoms with Gasteiger partial charge in [0, 0.05) is 16.8 Å². The Labute approximate surface area is 270 Å². The van der Waals surface area contributed by atoms with E-state index in [4.69, 9.17) is 30.5 Å². The Morgan fingerprint density at radius 2 is 1.53 bits per heavy atom. The first-order chi connectivity index (χ1) is 22.3. The Balaban J connectivity index is 0.000000771. The van der Waals surface area contributed by atoms with Crippen molar-refractivity contribution in [2.75, 3.05) is 17.3 Å². The SMILES string of the molecule is CCOc1cc(C(Nc2ccc(C(=N)N)cc2)C(=O)NNc2ccccc2-c2ccccc2)ccc1OC(C)C.O=C(O)C(F)(F)F. The summed E-state index contributed by atoms with van der Waals surface area (Å²) < 4.78 is 43.5. The molecule has 13 heteroatoms. The van der Waals surface area contributed by atoms with Crippen LogP contribution in [-0.4, -0.2) is 41.7 Å². The van der Waals surface area contributed by atoms with Crippen molar-refractivity contribution >= 4 is 29.1 Å². The van der Waals surface area contributed by atoms with E-state index in [1.807, 2.05) is 93.6 Å². The number of ether oxygens (including phenoxy) is 2. The minimum Gasteiger partial charge on any atom is -0.490 e. The number of carbonyl (C=O) groups is 2. The molecule has 0 aliphatic carbocycles. The third-order valence-corrected chi connectivity index (χ3v) is 6.31. The Hall–Kier alpha value is -5.72. The first-order valence-corrected chi connectivity index (χ1v) is 14.4. The highest BCUT2D eigenvalue weighted by Crippen LogP contribution is 2.33. The lowest BCUT2D eigenvalue weighted by atomic mass is 10.0. The predicted molar refractivity (Wildman–Crippen MR) is 175 cm³/mol. The molecule has 0 radical (unpaired) electrons. The van der Waals surface area contributed by atoms with Gasteiger partial charge in [0.1, 0.15) is 11.9 Å². The number of carboxylic acid groups (broad SMARTS) is 1. The number of nitrogens with one attached hydrogen (secondary N) is 4. The lowest BCUT2D eigenvalue weighted by Gasteiger charge is -2.23. The van der Waals surface area contributed by atoms with Gasteiger partial charge in [0.15, 0.2) is 11.5 Å². The summed E-state index contributed by atoms with van der Waals surface area (Å²) in [6, 6.07) is 29.5. The Kier molecular flexibility index (Phi) is 12.6. The van der Waals surface area contributed by atoms with Gasteiger partial charge in [-0.05, 0) is 74.4 Å². The predicted octanol–water partition coefficient (Wildman–Crippen LogP) is 6.75. The molecule has 1 atom stereocenters. The summed E-state index contributed by atoms with van der Waals surface area (Å²) in [5.41, 5.74) is 16.3. The van der Waals surface area contributed by atoms with Gasteiger partial charge in [-0.15, -0.1) is 0 Å². The van der Waals surface area contributed by atoms with Gasteiger partial charge in [0.05, 0.1) is 18.4 Å². The highest BCUT2D eigenvalue weighted by atomic mass is 19.4. The molecule has 0 saturated carbocycles. The molecule has 0 aromatic heterocycles. The molecule has 0 fully saturated rings. The fourth-order valence-electron chi connectivity index (χ4n) is 4.20. The van der Waals surface area contributed by atoms with Gasteiger partial charge in [0.25, 0.3) is 5.91 Å². The summed E-state index contributed by atoms with van der Waals surface area (Å²) in [5, 5.41) is 18.1. The number of amidine groups is 1. The molecule has 1 amide bonds. The molecule has 4 aromatic carbocycles. The number of hydrazine groups is 1. The highest BCUT2D eigenvalue weighted by Gasteiger charge is 2.38. The van der Waals surface area contributed by atoms with Gasteiger partial charge in [-0.2, -0.15) is 13.2 Å². The van der Waals surface area contributed by atoms with Gasteiger partial charge in [-0.1, -0.05) is 54.6 Å². The summed E-state index contributed by atoms with van der Waals surface area (Å²) >= 11 is 0. The third kappa shape index (κ3) is 10.7. The Morgan fingerprint density at radius 1 is 0.915 bits per heavy atom. The van der Waals surface area contributed by atoms with Crippen molar-refractivity contribution in [2.24, 2.45) is 5.73 Å². The molecule has 0 saturated heterocycles. The standard InChI is InChI=1S/C32H35N5O3.C2HF3O2/c1-4-39-29-20-24(16-19-28(29)40-21(2)3)30(35-25-17-14-23(15-18-25)31(33)34)32(38)37-36-27-13-9-8-12-26(27)22-10-6-5-7-11-22;3-2(4,5)1(6)7/h5-21,30,35-36H,4H2,1-3H3,(H3,33,34)(H,37,38);(H,6,7). The van der Waals surface area contributed by atoms with E-state index in [9.17, 15) is 18.0 Å². The molecule has 0 aliphatic rings. The molecule has 0 heterocycles. The molecule has 248 valence electrons. The van der Waals surface area contributed by atoms with E-state index in [-0.39, 0.29) is 17.8 Å². The summed E-state index contributed by atoms with van der Waals surface area (Å²) in [6.45, 7) is 6.25. The van der Waals surface area contributed by atoms with Crippen LogP contribution in [0.25, 0.3) is 11.1 Å². The lowest BCUT2D eigenvalue weighted by molar-refractivity contribution is -0.192. The number of hydrogen-bond donors (Lipinski definition) is 6. The minimum absolute atomic E-state index is 0.0239. The van der Waals surface area contributed by atoms with E-state index < -0.39 is 18.2 Å². The average molecular weight is 652 g/mol. The molecule has 0 bridgehead atoms. The molecular formula is C34H36F3N5O5. The maximum atomic E-state index is 13.7. The number of carboxylic acids is 1. The molecule has 47 heavy (non-hydrogen) atoms. The van der Waals surface area contributed by atoms with E-state index in [0.29, 0.717) is 34.9 Å². The molecule has 0 spiro atoms. The second kappa shape index (κ2) is 16.5. The number of aliphatic carboxylic acids is 1. The molecule has 7 N–H and O–H groups in total. The van der Waals surface area contributed by atoms with E-state index >= 15 is 0 Å².